The highest BCUT2D eigenvalue weighted by Crippen LogP contribution is 2.33. The van der Waals surface area contributed by atoms with Crippen LogP contribution in [0.1, 0.15) is 36.8 Å². The van der Waals surface area contributed by atoms with Gasteiger partial charge in [-0.3, -0.25) is 0 Å². The van der Waals surface area contributed by atoms with Crippen molar-refractivity contribution in [1.82, 2.24) is 5.32 Å². The molecule has 0 spiro atoms. The number of aryl methyl sites for hydroxylation is 2. The van der Waals surface area contributed by atoms with E-state index in [-0.39, 0.29) is 11.6 Å². The van der Waals surface area contributed by atoms with Crippen LogP contribution in [0.25, 0.3) is 0 Å². The highest BCUT2D eigenvalue weighted by atomic mass is 16.5. The lowest BCUT2D eigenvalue weighted by Gasteiger charge is -2.20. The summed E-state index contributed by atoms with van der Waals surface area (Å²) in [6.45, 7) is 0. The Morgan fingerprint density at radius 1 is 1.37 bits per heavy atom. The maximum absolute atomic E-state index is 9.26. The third-order valence-corrected chi connectivity index (χ3v) is 4.53. The number of nitrogens with zero attached hydrogens (tertiary/aromatic N) is 1. The van der Waals surface area contributed by atoms with Crippen LogP contribution in [-0.2, 0) is 12.8 Å². The van der Waals surface area contributed by atoms with E-state index in [1.807, 2.05) is 7.05 Å². The predicted octanol–water partition coefficient (Wildman–Crippen LogP) is 2.59. The van der Waals surface area contributed by atoms with E-state index < -0.39 is 0 Å². The van der Waals surface area contributed by atoms with Crippen LogP contribution < -0.4 is 10.1 Å². The van der Waals surface area contributed by atoms with Gasteiger partial charge in [-0.15, -0.1) is 0 Å². The molecule has 0 amide bonds. The Balaban J connectivity index is 1.68. The van der Waals surface area contributed by atoms with Crippen LogP contribution in [0, 0.1) is 11.3 Å². The topological polar surface area (TPSA) is 45.0 Å². The summed E-state index contributed by atoms with van der Waals surface area (Å²) in [7, 11) is 1.86. The van der Waals surface area contributed by atoms with Crippen LogP contribution in [-0.4, -0.2) is 18.7 Å². The molecule has 0 aliphatic heterocycles. The van der Waals surface area contributed by atoms with Crippen LogP contribution in [0.4, 0.5) is 0 Å². The monoisotopic (exact) mass is 256 g/mol. The molecule has 1 aromatic carbocycles. The molecule has 3 rings (SSSR count). The van der Waals surface area contributed by atoms with E-state index in [9.17, 15) is 5.26 Å². The second-order valence-electron chi connectivity index (χ2n) is 5.71. The molecule has 2 aliphatic carbocycles. The molecular formula is C16H20N2O. The fourth-order valence-corrected chi connectivity index (χ4v) is 3.30. The molecule has 1 fully saturated rings. The molecule has 100 valence electrons. The molecule has 1 N–H and O–H groups in total. The van der Waals surface area contributed by atoms with Gasteiger partial charge in [0.1, 0.15) is 17.4 Å². The van der Waals surface area contributed by atoms with Crippen LogP contribution in [0.3, 0.4) is 0 Å². The lowest BCUT2D eigenvalue weighted by atomic mass is 10.0. The Hall–Kier alpha value is -1.53. The summed E-state index contributed by atoms with van der Waals surface area (Å²) >= 11 is 0. The van der Waals surface area contributed by atoms with Crippen molar-refractivity contribution in [3.8, 4) is 11.8 Å². The average Bonchev–Trinajstić information content (AvgIpc) is 3.05. The summed E-state index contributed by atoms with van der Waals surface area (Å²) in [6, 6.07) is 8.86. The highest BCUT2D eigenvalue weighted by molar-refractivity contribution is 5.38. The van der Waals surface area contributed by atoms with Gasteiger partial charge >= 0.3 is 0 Å². The number of hydrogen-bond acceptors (Lipinski definition) is 3. The summed E-state index contributed by atoms with van der Waals surface area (Å²) in [5, 5.41) is 12.4. The van der Waals surface area contributed by atoms with E-state index in [0.717, 1.165) is 25.0 Å². The molecule has 0 radical (unpaired) electrons. The summed E-state index contributed by atoms with van der Waals surface area (Å²) in [5.74, 6) is 0.968. The van der Waals surface area contributed by atoms with Crippen LogP contribution in [0.2, 0.25) is 0 Å². The molecule has 3 nitrogen and oxygen atoms in total. The Labute approximate surface area is 114 Å². The zero-order chi connectivity index (χ0) is 13.3. The van der Waals surface area contributed by atoms with E-state index >= 15 is 0 Å². The van der Waals surface area contributed by atoms with Crippen molar-refractivity contribution in [1.29, 1.82) is 5.26 Å². The number of nitrogens with one attached hydrogen (secondary N) is 1. The molecule has 19 heavy (non-hydrogen) atoms. The lowest BCUT2D eigenvalue weighted by Crippen LogP contribution is -2.39. The van der Waals surface area contributed by atoms with Crippen molar-refractivity contribution in [3.63, 3.8) is 0 Å². The second-order valence-corrected chi connectivity index (χ2v) is 5.71. The Morgan fingerprint density at radius 2 is 2.21 bits per heavy atom. The van der Waals surface area contributed by atoms with Gasteiger partial charge < -0.3 is 10.1 Å². The smallest absolute Gasteiger partial charge is 0.120 e. The Morgan fingerprint density at radius 3 is 2.95 bits per heavy atom. The first-order chi connectivity index (χ1) is 9.24. The van der Waals surface area contributed by atoms with Gasteiger partial charge in [-0.25, -0.2) is 0 Å². The van der Waals surface area contributed by atoms with Gasteiger partial charge in [0, 0.05) is 6.42 Å². The molecular weight excluding hydrogens is 236 g/mol. The maximum atomic E-state index is 9.26. The fourth-order valence-electron chi connectivity index (χ4n) is 3.30. The molecule has 2 atom stereocenters. The predicted molar refractivity (Wildman–Crippen MR) is 74.1 cm³/mol. The molecule has 1 saturated carbocycles. The van der Waals surface area contributed by atoms with Gasteiger partial charge in [0.25, 0.3) is 0 Å². The molecule has 1 aromatic rings. The van der Waals surface area contributed by atoms with Gasteiger partial charge in [0.15, 0.2) is 0 Å². The number of rotatable bonds is 3. The minimum Gasteiger partial charge on any atom is -0.490 e. The summed E-state index contributed by atoms with van der Waals surface area (Å²) < 4.78 is 6.07. The van der Waals surface area contributed by atoms with E-state index in [1.54, 1.807) is 0 Å². The van der Waals surface area contributed by atoms with Gasteiger partial charge in [-0.05, 0) is 62.4 Å². The second kappa shape index (κ2) is 4.86. The van der Waals surface area contributed by atoms with Gasteiger partial charge in [-0.1, -0.05) is 6.07 Å². The fraction of sp³-hybridized carbons (Fsp3) is 0.562. The van der Waals surface area contributed by atoms with Crippen molar-refractivity contribution in [3.05, 3.63) is 29.3 Å². The minimum atomic E-state index is -0.388. The third-order valence-electron chi connectivity index (χ3n) is 4.53. The quantitative estimate of drug-likeness (QED) is 0.904. The summed E-state index contributed by atoms with van der Waals surface area (Å²) in [6.07, 6.45) is 6.40. The number of ether oxygens (including phenoxy) is 1. The number of nitriles is 1. The first-order valence-electron chi connectivity index (χ1n) is 7.13. The highest BCUT2D eigenvalue weighted by Gasteiger charge is 2.39. The van der Waals surface area contributed by atoms with E-state index in [4.69, 9.17) is 4.74 Å². The molecule has 0 saturated heterocycles. The Kier molecular flexibility index (Phi) is 3.20. The molecule has 2 unspecified atom stereocenters. The van der Waals surface area contributed by atoms with Crippen molar-refractivity contribution in [2.75, 3.05) is 7.05 Å². The molecule has 0 heterocycles. The first-order valence-corrected chi connectivity index (χ1v) is 7.13. The lowest BCUT2D eigenvalue weighted by molar-refractivity contribution is 0.202. The summed E-state index contributed by atoms with van der Waals surface area (Å²) in [4.78, 5) is 0. The Bertz CT molecular complexity index is 520. The molecule has 0 aromatic heterocycles. The van der Waals surface area contributed by atoms with E-state index in [0.29, 0.717) is 0 Å². The first kappa shape index (κ1) is 12.5. The normalized spacial score (nSPS) is 28.9. The number of benzene rings is 1. The van der Waals surface area contributed by atoms with Crippen LogP contribution in [0.5, 0.6) is 5.75 Å². The minimum absolute atomic E-state index is 0.159. The maximum Gasteiger partial charge on any atom is 0.120 e. The van der Waals surface area contributed by atoms with Crippen LogP contribution >= 0.6 is 0 Å². The molecule has 2 aliphatic rings. The van der Waals surface area contributed by atoms with Gasteiger partial charge in [-0.2, -0.15) is 5.26 Å². The number of fused-ring (bicyclic) bond motifs is 1. The average molecular weight is 256 g/mol. The van der Waals surface area contributed by atoms with Gasteiger partial charge in [0.2, 0.25) is 0 Å². The molecule has 3 heteroatoms. The van der Waals surface area contributed by atoms with Gasteiger partial charge in [0.05, 0.1) is 6.07 Å². The zero-order valence-electron chi connectivity index (χ0n) is 11.4. The molecule has 0 bridgehead atoms. The van der Waals surface area contributed by atoms with Crippen LogP contribution in [0.15, 0.2) is 18.2 Å². The van der Waals surface area contributed by atoms with Crippen molar-refractivity contribution < 1.29 is 4.74 Å². The van der Waals surface area contributed by atoms with E-state index in [1.165, 1.54) is 30.4 Å². The third kappa shape index (κ3) is 2.33. The van der Waals surface area contributed by atoms with E-state index in [2.05, 4.69) is 29.6 Å². The van der Waals surface area contributed by atoms with Crippen molar-refractivity contribution in [2.45, 2.75) is 50.2 Å². The SMILES string of the molecule is CNC1(C#N)CCC(Oc2ccc3c(c2)CCC3)C1. The van der Waals surface area contributed by atoms with Crippen molar-refractivity contribution >= 4 is 0 Å². The zero-order valence-corrected chi connectivity index (χ0v) is 11.4. The summed E-state index contributed by atoms with van der Waals surface area (Å²) in [5.41, 5.74) is 2.53. The van der Waals surface area contributed by atoms with Crippen molar-refractivity contribution in [2.24, 2.45) is 0 Å². The largest absolute Gasteiger partial charge is 0.490 e. The number of hydrogen-bond donors (Lipinski definition) is 1. The standard InChI is InChI=1S/C16H20N2O/c1-18-16(11-17)8-7-15(10-16)19-14-6-5-12-3-2-4-13(12)9-14/h5-6,9,15,18H,2-4,7-8,10H2,1H3.